The van der Waals surface area contributed by atoms with Crippen molar-refractivity contribution in [1.82, 2.24) is 10.1 Å². The van der Waals surface area contributed by atoms with Crippen molar-refractivity contribution in [3.8, 4) is 11.3 Å². The van der Waals surface area contributed by atoms with Crippen LogP contribution in [0.5, 0.6) is 0 Å². The van der Waals surface area contributed by atoms with Crippen LogP contribution in [-0.4, -0.2) is 29.2 Å². The number of likely N-dealkylation sites (tertiary alicyclic amines) is 1. The van der Waals surface area contributed by atoms with E-state index in [9.17, 15) is 0 Å². The number of nitrogens with two attached hydrogens (primary N) is 1. The highest BCUT2D eigenvalue weighted by atomic mass is 16.5. The van der Waals surface area contributed by atoms with Crippen LogP contribution in [0.4, 0.5) is 0 Å². The van der Waals surface area contributed by atoms with Gasteiger partial charge in [-0.1, -0.05) is 42.4 Å². The number of hydrogen-bond acceptors (Lipinski definition) is 4. The van der Waals surface area contributed by atoms with Crippen molar-refractivity contribution in [3.05, 3.63) is 42.2 Å². The van der Waals surface area contributed by atoms with Crippen molar-refractivity contribution in [2.75, 3.05) is 13.1 Å². The van der Waals surface area contributed by atoms with Crippen molar-refractivity contribution in [2.24, 2.45) is 11.7 Å². The van der Waals surface area contributed by atoms with Gasteiger partial charge in [-0.3, -0.25) is 4.90 Å². The molecule has 2 aromatic rings. The highest BCUT2D eigenvalue weighted by Crippen LogP contribution is 2.21. The summed E-state index contributed by atoms with van der Waals surface area (Å²) in [5, 5.41) is 4.13. The molecule has 0 saturated carbocycles. The van der Waals surface area contributed by atoms with E-state index in [2.05, 4.69) is 17.0 Å². The van der Waals surface area contributed by atoms with Crippen LogP contribution in [0.15, 0.2) is 40.9 Å². The Bertz CT molecular complexity index is 527. The molecule has 0 amide bonds. The average Bonchev–Trinajstić information content (AvgIpc) is 2.99. The van der Waals surface area contributed by atoms with Crippen LogP contribution in [0.25, 0.3) is 11.3 Å². The first-order valence-electron chi connectivity index (χ1n) is 6.71. The van der Waals surface area contributed by atoms with Crippen molar-refractivity contribution in [3.63, 3.8) is 0 Å². The summed E-state index contributed by atoms with van der Waals surface area (Å²) >= 11 is 0. The van der Waals surface area contributed by atoms with Crippen molar-refractivity contribution in [2.45, 2.75) is 19.5 Å². The molecule has 1 fully saturated rings. The lowest BCUT2D eigenvalue weighted by molar-refractivity contribution is 0.267. The Labute approximate surface area is 113 Å². The zero-order valence-electron chi connectivity index (χ0n) is 11.1. The molecule has 4 nitrogen and oxygen atoms in total. The molecule has 0 bridgehead atoms. The molecule has 0 radical (unpaired) electrons. The molecular formula is C15H19N3O. The van der Waals surface area contributed by atoms with Crippen molar-refractivity contribution in [1.29, 1.82) is 0 Å². The van der Waals surface area contributed by atoms with E-state index in [1.54, 1.807) is 0 Å². The van der Waals surface area contributed by atoms with E-state index < -0.39 is 0 Å². The standard InChI is InChI=1S/C15H19N3O/c1-11-8-18(10-14(11)16)9-13-7-15(17-19-13)12-5-3-2-4-6-12/h2-7,11,14H,8-10,16H2,1H3. The molecule has 1 aliphatic heterocycles. The predicted molar refractivity (Wildman–Crippen MR) is 74.4 cm³/mol. The maximum Gasteiger partial charge on any atom is 0.151 e. The van der Waals surface area contributed by atoms with Crippen LogP contribution in [-0.2, 0) is 6.54 Å². The molecule has 1 aromatic heterocycles. The average molecular weight is 257 g/mol. The molecule has 0 spiro atoms. The normalized spacial score (nSPS) is 23.9. The number of hydrogen-bond donors (Lipinski definition) is 1. The molecule has 1 aliphatic rings. The summed E-state index contributed by atoms with van der Waals surface area (Å²) in [6, 6.07) is 12.4. The second-order valence-corrected chi connectivity index (χ2v) is 5.38. The van der Waals surface area contributed by atoms with E-state index >= 15 is 0 Å². The van der Waals surface area contributed by atoms with Gasteiger partial charge < -0.3 is 10.3 Å². The molecule has 4 heteroatoms. The molecule has 1 aromatic carbocycles. The van der Waals surface area contributed by atoms with Gasteiger partial charge in [-0.15, -0.1) is 0 Å². The topological polar surface area (TPSA) is 55.3 Å². The number of benzene rings is 1. The molecule has 100 valence electrons. The maximum absolute atomic E-state index is 6.03. The molecule has 19 heavy (non-hydrogen) atoms. The molecule has 2 unspecified atom stereocenters. The van der Waals surface area contributed by atoms with Gasteiger partial charge in [0.2, 0.25) is 0 Å². The van der Waals surface area contributed by atoms with E-state index in [-0.39, 0.29) is 6.04 Å². The minimum Gasteiger partial charge on any atom is -0.359 e. The highest BCUT2D eigenvalue weighted by molar-refractivity contribution is 5.58. The first-order chi connectivity index (χ1) is 9.22. The van der Waals surface area contributed by atoms with Crippen LogP contribution in [0.2, 0.25) is 0 Å². The summed E-state index contributed by atoms with van der Waals surface area (Å²) in [6.45, 7) is 4.95. The first-order valence-corrected chi connectivity index (χ1v) is 6.71. The van der Waals surface area contributed by atoms with Gasteiger partial charge in [0.25, 0.3) is 0 Å². The third kappa shape index (κ3) is 2.69. The van der Waals surface area contributed by atoms with Crippen LogP contribution in [0.3, 0.4) is 0 Å². The Balaban J connectivity index is 1.69. The van der Waals surface area contributed by atoms with Crippen molar-refractivity contribution < 1.29 is 4.52 Å². The lowest BCUT2D eigenvalue weighted by Crippen LogP contribution is -2.28. The van der Waals surface area contributed by atoms with E-state index in [1.807, 2.05) is 36.4 Å². The Morgan fingerprint density at radius 2 is 2.11 bits per heavy atom. The molecule has 2 atom stereocenters. The van der Waals surface area contributed by atoms with Crippen LogP contribution in [0, 0.1) is 5.92 Å². The summed E-state index contributed by atoms with van der Waals surface area (Å²) in [5.41, 5.74) is 8.01. The quantitative estimate of drug-likeness (QED) is 0.915. The van der Waals surface area contributed by atoms with E-state index in [0.717, 1.165) is 36.7 Å². The second kappa shape index (κ2) is 5.15. The fourth-order valence-electron chi connectivity index (χ4n) is 2.58. The Hall–Kier alpha value is -1.65. The Morgan fingerprint density at radius 3 is 2.79 bits per heavy atom. The van der Waals surface area contributed by atoms with Gasteiger partial charge in [-0.2, -0.15) is 0 Å². The summed E-state index contributed by atoms with van der Waals surface area (Å²) < 4.78 is 5.42. The second-order valence-electron chi connectivity index (χ2n) is 5.38. The number of nitrogens with zero attached hydrogens (tertiary/aromatic N) is 2. The van der Waals surface area contributed by atoms with E-state index in [0.29, 0.717) is 5.92 Å². The summed E-state index contributed by atoms with van der Waals surface area (Å²) in [5.74, 6) is 1.46. The Kier molecular flexibility index (Phi) is 3.36. The lowest BCUT2D eigenvalue weighted by atomic mass is 10.1. The molecule has 1 saturated heterocycles. The number of rotatable bonds is 3. The summed E-state index contributed by atoms with van der Waals surface area (Å²) in [7, 11) is 0. The largest absolute Gasteiger partial charge is 0.359 e. The number of aromatic nitrogens is 1. The molecule has 2 heterocycles. The smallest absolute Gasteiger partial charge is 0.151 e. The van der Waals surface area contributed by atoms with Gasteiger partial charge in [0.1, 0.15) is 5.69 Å². The molecule has 3 rings (SSSR count). The maximum atomic E-state index is 6.03. The SMILES string of the molecule is CC1CN(Cc2cc(-c3ccccc3)no2)CC1N. The first kappa shape index (κ1) is 12.4. The van der Waals surface area contributed by atoms with Gasteiger partial charge in [-0.25, -0.2) is 0 Å². The van der Waals surface area contributed by atoms with Crippen molar-refractivity contribution >= 4 is 0 Å². The molecule has 0 aliphatic carbocycles. The highest BCUT2D eigenvalue weighted by Gasteiger charge is 2.27. The Morgan fingerprint density at radius 1 is 1.32 bits per heavy atom. The van der Waals surface area contributed by atoms with Gasteiger partial charge >= 0.3 is 0 Å². The zero-order valence-corrected chi connectivity index (χ0v) is 11.1. The minimum absolute atomic E-state index is 0.275. The van der Waals surface area contributed by atoms with Gasteiger partial charge in [0.15, 0.2) is 5.76 Å². The summed E-state index contributed by atoms with van der Waals surface area (Å²) in [6.07, 6.45) is 0. The predicted octanol–water partition coefficient (Wildman–Crippen LogP) is 2.12. The van der Waals surface area contributed by atoms with Gasteiger partial charge in [0.05, 0.1) is 6.54 Å². The van der Waals surface area contributed by atoms with E-state index in [1.165, 1.54) is 0 Å². The third-order valence-electron chi connectivity index (χ3n) is 3.75. The van der Waals surface area contributed by atoms with Crippen LogP contribution < -0.4 is 5.73 Å². The molecule has 2 N–H and O–H groups in total. The van der Waals surface area contributed by atoms with Crippen LogP contribution >= 0.6 is 0 Å². The zero-order chi connectivity index (χ0) is 13.2. The fraction of sp³-hybridized carbons (Fsp3) is 0.400. The molecular weight excluding hydrogens is 238 g/mol. The lowest BCUT2D eigenvalue weighted by Gasteiger charge is -2.11. The monoisotopic (exact) mass is 257 g/mol. The third-order valence-corrected chi connectivity index (χ3v) is 3.75. The minimum atomic E-state index is 0.275. The fourth-order valence-corrected chi connectivity index (χ4v) is 2.58. The summed E-state index contributed by atoms with van der Waals surface area (Å²) in [4.78, 5) is 2.32. The van der Waals surface area contributed by atoms with Crippen LogP contribution in [0.1, 0.15) is 12.7 Å². The van der Waals surface area contributed by atoms with E-state index in [4.69, 9.17) is 10.3 Å². The van der Waals surface area contributed by atoms with Gasteiger partial charge in [0, 0.05) is 30.8 Å². The van der Waals surface area contributed by atoms with Gasteiger partial charge in [-0.05, 0) is 5.92 Å².